The van der Waals surface area contributed by atoms with Crippen LogP contribution in [0.2, 0.25) is 0 Å². The van der Waals surface area contributed by atoms with Gasteiger partial charge in [-0.15, -0.1) is 0 Å². The molecule has 2 saturated heterocycles. The second kappa shape index (κ2) is 7.61. The predicted octanol–water partition coefficient (Wildman–Crippen LogP) is 2.51. The first-order valence-electron chi connectivity index (χ1n) is 8.25. The molecule has 1 N–H and O–H groups in total. The number of hydrogen-bond donors (Lipinski definition) is 1. The van der Waals surface area contributed by atoms with Gasteiger partial charge in [0.1, 0.15) is 0 Å². The van der Waals surface area contributed by atoms with Crippen molar-refractivity contribution >= 4 is 0 Å². The predicted molar refractivity (Wildman–Crippen MR) is 80.4 cm³/mol. The van der Waals surface area contributed by atoms with Crippen LogP contribution >= 0.6 is 0 Å². The topological polar surface area (TPSA) is 24.5 Å². The third-order valence-corrected chi connectivity index (χ3v) is 5.19. The van der Waals surface area contributed by atoms with Gasteiger partial charge in [-0.2, -0.15) is 0 Å². The van der Waals surface area contributed by atoms with Crippen molar-refractivity contribution in [2.24, 2.45) is 11.8 Å². The Kier molecular flexibility index (Phi) is 6.11. The van der Waals surface area contributed by atoms with E-state index >= 15 is 0 Å². The number of nitrogens with one attached hydrogen (secondary N) is 1. The lowest BCUT2D eigenvalue weighted by molar-refractivity contribution is 0.0451. The highest BCUT2D eigenvalue weighted by atomic mass is 16.5. The van der Waals surface area contributed by atoms with Gasteiger partial charge in [0, 0.05) is 38.4 Å². The molecule has 2 aliphatic heterocycles. The van der Waals surface area contributed by atoms with Crippen LogP contribution in [0.15, 0.2) is 0 Å². The van der Waals surface area contributed by atoms with Crippen LogP contribution in [0.1, 0.15) is 46.5 Å². The van der Waals surface area contributed by atoms with Gasteiger partial charge in [-0.25, -0.2) is 0 Å². The zero-order chi connectivity index (χ0) is 13.7. The monoisotopic (exact) mass is 268 g/mol. The molecule has 0 aromatic rings. The number of ether oxygens (including phenoxy) is 1. The molecule has 3 heteroatoms. The minimum absolute atomic E-state index is 0.676. The number of rotatable bonds is 4. The van der Waals surface area contributed by atoms with Crippen molar-refractivity contribution in [2.45, 2.75) is 58.5 Å². The van der Waals surface area contributed by atoms with E-state index in [-0.39, 0.29) is 0 Å². The van der Waals surface area contributed by atoms with E-state index in [4.69, 9.17) is 4.74 Å². The first-order chi connectivity index (χ1) is 9.20. The van der Waals surface area contributed by atoms with Crippen LogP contribution < -0.4 is 5.32 Å². The molecule has 2 heterocycles. The van der Waals surface area contributed by atoms with Crippen LogP contribution in [0.5, 0.6) is 0 Å². The molecule has 3 nitrogen and oxygen atoms in total. The summed E-state index contributed by atoms with van der Waals surface area (Å²) in [5.41, 5.74) is 0. The average molecular weight is 268 g/mol. The van der Waals surface area contributed by atoms with Crippen LogP contribution in [0.25, 0.3) is 0 Å². The molecule has 0 bridgehead atoms. The van der Waals surface area contributed by atoms with E-state index in [1.165, 1.54) is 45.3 Å². The Labute approximate surface area is 119 Å². The molecule has 0 spiro atoms. The minimum atomic E-state index is 0.676. The highest BCUT2D eigenvalue weighted by molar-refractivity contribution is 4.85. The smallest absolute Gasteiger partial charge is 0.0469 e. The van der Waals surface area contributed by atoms with Crippen molar-refractivity contribution in [3.8, 4) is 0 Å². The molecule has 0 amide bonds. The van der Waals surface area contributed by atoms with Crippen LogP contribution in [0.4, 0.5) is 0 Å². The van der Waals surface area contributed by atoms with Gasteiger partial charge in [-0.1, -0.05) is 20.3 Å². The van der Waals surface area contributed by atoms with Crippen molar-refractivity contribution in [1.82, 2.24) is 10.2 Å². The SMILES string of the molecule is CCC(C)C1CN(CC2CCOCC2)C(C)CCN1. The second-order valence-corrected chi connectivity index (χ2v) is 6.59. The fraction of sp³-hybridized carbons (Fsp3) is 1.00. The normalized spacial score (nSPS) is 33.0. The number of hydrogen-bond acceptors (Lipinski definition) is 3. The van der Waals surface area contributed by atoms with Crippen molar-refractivity contribution < 1.29 is 4.74 Å². The first kappa shape index (κ1) is 15.3. The molecular formula is C16H32N2O. The van der Waals surface area contributed by atoms with E-state index in [2.05, 4.69) is 31.0 Å². The summed E-state index contributed by atoms with van der Waals surface area (Å²) in [6, 6.07) is 1.40. The first-order valence-corrected chi connectivity index (χ1v) is 8.25. The Hall–Kier alpha value is -0.120. The molecule has 2 fully saturated rings. The van der Waals surface area contributed by atoms with Gasteiger partial charge >= 0.3 is 0 Å². The fourth-order valence-electron chi connectivity index (χ4n) is 3.34. The second-order valence-electron chi connectivity index (χ2n) is 6.59. The lowest BCUT2D eigenvalue weighted by atomic mass is 9.96. The molecular weight excluding hydrogens is 236 g/mol. The van der Waals surface area contributed by atoms with Gasteiger partial charge in [0.2, 0.25) is 0 Å². The van der Waals surface area contributed by atoms with Gasteiger partial charge in [-0.05, 0) is 44.6 Å². The van der Waals surface area contributed by atoms with E-state index in [0.717, 1.165) is 31.1 Å². The van der Waals surface area contributed by atoms with E-state index in [1.54, 1.807) is 0 Å². The summed E-state index contributed by atoms with van der Waals surface area (Å²) >= 11 is 0. The Balaban J connectivity index is 1.90. The highest BCUT2D eigenvalue weighted by Crippen LogP contribution is 2.21. The molecule has 112 valence electrons. The van der Waals surface area contributed by atoms with Crippen molar-refractivity contribution in [3.05, 3.63) is 0 Å². The maximum Gasteiger partial charge on any atom is 0.0469 e. The van der Waals surface area contributed by atoms with E-state index < -0.39 is 0 Å². The molecule has 0 aromatic carbocycles. The molecule has 0 radical (unpaired) electrons. The Bertz CT molecular complexity index is 253. The standard InChI is InChI=1S/C16H32N2O/c1-4-13(2)16-12-18(14(3)5-8-17-16)11-15-6-9-19-10-7-15/h13-17H,4-12H2,1-3H3. The van der Waals surface area contributed by atoms with Gasteiger partial charge in [-0.3, -0.25) is 4.90 Å². The maximum atomic E-state index is 5.49. The van der Waals surface area contributed by atoms with Crippen molar-refractivity contribution in [1.29, 1.82) is 0 Å². The molecule has 0 saturated carbocycles. The van der Waals surface area contributed by atoms with Gasteiger partial charge < -0.3 is 10.1 Å². The molecule has 3 unspecified atom stereocenters. The number of nitrogens with zero attached hydrogens (tertiary/aromatic N) is 1. The zero-order valence-electron chi connectivity index (χ0n) is 13.0. The van der Waals surface area contributed by atoms with Crippen molar-refractivity contribution in [3.63, 3.8) is 0 Å². The summed E-state index contributed by atoms with van der Waals surface area (Å²) in [5.74, 6) is 1.63. The summed E-state index contributed by atoms with van der Waals surface area (Å²) < 4.78 is 5.49. The Morgan fingerprint density at radius 3 is 2.68 bits per heavy atom. The minimum Gasteiger partial charge on any atom is -0.381 e. The molecule has 0 aliphatic carbocycles. The lowest BCUT2D eigenvalue weighted by Crippen LogP contribution is -2.45. The largest absolute Gasteiger partial charge is 0.381 e. The summed E-state index contributed by atoms with van der Waals surface area (Å²) in [4.78, 5) is 2.74. The summed E-state index contributed by atoms with van der Waals surface area (Å²) in [6.07, 6.45) is 5.07. The van der Waals surface area contributed by atoms with Gasteiger partial charge in [0.15, 0.2) is 0 Å². The molecule has 2 rings (SSSR count). The summed E-state index contributed by atoms with van der Waals surface area (Å²) in [5, 5.41) is 3.76. The molecule has 0 aromatic heterocycles. The van der Waals surface area contributed by atoms with E-state index in [0.29, 0.717) is 6.04 Å². The molecule has 3 atom stereocenters. The Morgan fingerprint density at radius 1 is 1.26 bits per heavy atom. The lowest BCUT2D eigenvalue weighted by Gasteiger charge is -2.35. The van der Waals surface area contributed by atoms with Gasteiger partial charge in [0.05, 0.1) is 0 Å². The maximum absolute atomic E-state index is 5.49. The Morgan fingerprint density at radius 2 is 2.00 bits per heavy atom. The summed E-state index contributed by atoms with van der Waals surface area (Å²) in [6.45, 7) is 12.7. The molecule has 2 aliphatic rings. The van der Waals surface area contributed by atoms with Crippen molar-refractivity contribution in [2.75, 3.05) is 32.8 Å². The molecule has 19 heavy (non-hydrogen) atoms. The van der Waals surface area contributed by atoms with Gasteiger partial charge in [0.25, 0.3) is 0 Å². The quantitative estimate of drug-likeness (QED) is 0.848. The van der Waals surface area contributed by atoms with Crippen LogP contribution in [0, 0.1) is 11.8 Å². The third kappa shape index (κ3) is 4.44. The average Bonchev–Trinajstić information content (AvgIpc) is 2.62. The summed E-state index contributed by atoms with van der Waals surface area (Å²) in [7, 11) is 0. The third-order valence-electron chi connectivity index (χ3n) is 5.19. The fourth-order valence-corrected chi connectivity index (χ4v) is 3.34. The zero-order valence-corrected chi connectivity index (χ0v) is 13.0. The van der Waals surface area contributed by atoms with Crippen LogP contribution in [0.3, 0.4) is 0 Å². The highest BCUT2D eigenvalue weighted by Gasteiger charge is 2.27. The van der Waals surface area contributed by atoms with Crippen LogP contribution in [-0.4, -0.2) is 49.8 Å². The van der Waals surface area contributed by atoms with E-state index in [9.17, 15) is 0 Å². The van der Waals surface area contributed by atoms with Crippen LogP contribution in [-0.2, 0) is 4.74 Å². The van der Waals surface area contributed by atoms with E-state index in [1.807, 2.05) is 0 Å².